The van der Waals surface area contributed by atoms with Gasteiger partial charge in [-0.3, -0.25) is 14.2 Å². The summed E-state index contributed by atoms with van der Waals surface area (Å²) < 4.78 is 2.35. The average Bonchev–Trinajstić information content (AvgIpc) is 3.04. The molecule has 1 saturated carbocycles. The third kappa shape index (κ3) is 2.88. The van der Waals surface area contributed by atoms with Crippen LogP contribution in [0.3, 0.4) is 0 Å². The van der Waals surface area contributed by atoms with E-state index in [9.17, 15) is 19.6 Å². The monoisotopic (exact) mass is 330 g/mol. The van der Waals surface area contributed by atoms with E-state index in [-0.39, 0.29) is 24.1 Å². The van der Waals surface area contributed by atoms with Gasteiger partial charge in [0.25, 0.3) is 5.56 Å². The molecule has 1 aromatic heterocycles. The molecule has 128 valence electrons. The molecule has 0 saturated heterocycles. The number of nitrogens with zero attached hydrogens (tertiary/aromatic N) is 3. The molecular formula is C17H22N4O3. The lowest BCUT2D eigenvalue weighted by Crippen LogP contribution is -2.48. The van der Waals surface area contributed by atoms with E-state index in [0.717, 1.165) is 30.3 Å². The van der Waals surface area contributed by atoms with Gasteiger partial charge in [-0.05, 0) is 31.6 Å². The average molecular weight is 330 g/mol. The Morgan fingerprint density at radius 3 is 2.75 bits per heavy atom. The zero-order valence-corrected chi connectivity index (χ0v) is 13.9. The lowest BCUT2D eigenvalue weighted by Gasteiger charge is -2.29. The summed E-state index contributed by atoms with van der Waals surface area (Å²) in [5, 5.41) is 12.2. The van der Waals surface area contributed by atoms with Crippen molar-refractivity contribution in [2.24, 2.45) is 5.92 Å². The lowest BCUT2D eigenvalue weighted by molar-refractivity contribution is -0.123. The van der Waals surface area contributed by atoms with E-state index in [0.29, 0.717) is 24.6 Å². The van der Waals surface area contributed by atoms with Gasteiger partial charge in [-0.1, -0.05) is 19.8 Å². The lowest BCUT2D eigenvalue weighted by atomic mass is 9.86. The molecule has 0 unspecified atom stereocenters. The van der Waals surface area contributed by atoms with Crippen LogP contribution in [0.25, 0.3) is 0 Å². The highest BCUT2D eigenvalue weighted by atomic mass is 16.2. The molecule has 1 fully saturated rings. The number of carbonyl (C=O) groups is 1. The van der Waals surface area contributed by atoms with Crippen LogP contribution in [0.2, 0.25) is 0 Å². The van der Waals surface area contributed by atoms with Gasteiger partial charge in [0, 0.05) is 18.3 Å². The fraction of sp³-hybridized carbons (Fsp3) is 0.647. The number of rotatable bonds is 3. The topological polar surface area (TPSA) is 96.9 Å². The Bertz CT molecular complexity index is 815. The summed E-state index contributed by atoms with van der Waals surface area (Å²) in [4.78, 5) is 37.2. The van der Waals surface area contributed by atoms with Gasteiger partial charge in [0.1, 0.15) is 18.2 Å². The molecule has 1 aliphatic heterocycles. The second-order valence-electron chi connectivity index (χ2n) is 6.80. The second kappa shape index (κ2) is 6.63. The molecule has 3 rings (SSSR count). The van der Waals surface area contributed by atoms with Gasteiger partial charge in [-0.2, -0.15) is 5.26 Å². The number of hydrogen-bond donors (Lipinski definition) is 1. The maximum Gasteiger partial charge on any atom is 0.331 e. The van der Waals surface area contributed by atoms with Gasteiger partial charge in [0.05, 0.1) is 0 Å². The molecule has 2 heterocycles. The molecule has 1 aromatic rings. The third-order valence-corrected chi connectivity index (χ3v) is 5.20. The summed E-state index contributed by atoms with van der Waals surface area (Å²) in [5.74, 6) is 0.0607. The molecule has 0 spiro atoms. The first-order valence-electron chi connectivity index (χ1n) is 8.59. The van der Waals surface area contributed by atoms with Crippen LogP contribution in [0.1, 0.15) is 50.3 Å². The normalized spacial score (nSPS) is 22.7. The molecule has 7 heteroatoms. The van der Waals surface area contributed by atoms with Crippen LogP contribution in [0.15, 0.2) is 9.59 Å². The van der Waals surface area contributed by atoms with Crippen LogP contribution in [-0.4, -0.2) is 21.1 Å². The van der Waals surface area contributed by atoms with Crippen LogP contribution in [0.4, 0.5) is 0 Å². The van der Waals surface area contributed by atoms with Crippen molar-refractivity contribution < 1.29 is 4.79 Å². The number of hydrogen-bond acceptors (Lipinski definition) is 4. The summed E-state index contributed by atoms with van der Waals surface area (Å²) in [6.45, 7) is 2.27. The molecule has 1 aliphatic carbocycles. The number of fused-ring (bicyclic) bond motifs is 1. The maximum atomic E-state index is 12.5. The van der Waals surface area contributed by atoms with Crippen molar-refractivity contribution in [3.63, 3.8) is 0 Å². The Morgan fingerprint density at radius 2 is 2.04 bits per heavy atom. The quantitative estimate of drug-likeness (QED) is 0.874. The Balaban J connectivity index is 1.85. The molecule has 0 aromatic carbocycles. The first-order chi connectivity index (χ1) is 11.5. The molecule has 0 radical (unpaired) electrons. The van der Waals surface area contributed by atoms with Gasteiger partial charge in [0.15, 0.2) is 0 Å². The van der Waals surface area contributed by atoms with Crippen molar-refractivity contribution in [3.8, 4) is 6.07 Å². The molecule has 7 nitrogen and oxygen atoms in total. The molecular weight excluding hydrogens is 308 g/mol. The SMILES string of the molecule is C[C@H]1CCCC[C@H]1NC(=O)Cn1c(=O)c(C#N)c2n(c1=O)CCC2. The Hall–Kier alpha value is -2.36. The van der Waals surface area contributed by atoms with E-state index in [2.05, 4.69) is 12.2 Å². The molecule has 2 aliphatic rings. The van der Waals surface area contributed by atoms with Crippen LogP contribution in [0.5, 0.6) is 0 Å². The summed E-state index contributed by atoms with van der Waals surface area (Å²) in [5.41, 5.74) is -0.642. The van der Waals surface area contributed by atoms with Gasteiger partial charge in [0.2, 0.25) is 5.91 Å². The van der Waals surface area contributed by atoms with E-state index in [1.54, 1.807) is 0 Å². The van der Waals surface area contributed by atoms with Crippen molar-refractivity contribution in [1.29, 1.82) is 5.26 Å². The molecule has 1 amide bonds. The Labute approximate surface area is 139 Å². The van der Waals surface area contributed by atoms with Crippen LogP contribution < -0.4 is 16.6 Å². The smallest absolute Gasteiger partial charge is 0.331 e. The van der Waals surface area contributed by atoms with Crippen molar-refractivity contribution in [2.45, 2.75) is 64.6 Å². The first kappa shape index (κ1) is 16.5. The predicted molar refractivity (Wildman–Crippen MR) is 87.6 cm³/mol. The molecule has 0 bridgehead atoms. The minimum Gasteiger partial charge on any atom is -0.352 e. The van der Waals surface area contributed by atoms with Crippen LogP contribution in [0, 0.1) is 17.2 Å². The number of nitrogens with one attached hydrogen (secondary N) is 1. The fourth-order valence-corrected chi connectivity index (χ4v) is 3.82. The highest BCUT2D eigenvalue weighted by molar-refractivity contribution is 5.76. The van der Waals surface area contributed by atoms with Crippen molar-refractivity contribution >= 4 is 5.91 Å². The zero-order chi connectivity index (χ0) is 17.3. The van der Waals surface area contributed by atoms with Crippen LogP contribution in [-0.2, 0) is 24.3 Å². The minimum atomic E-state index is -0.650. The minimum absolute atomic E-state index is 0.00839. The van der Waals surface area contributed by atoms with E-state index >= 15 is 0 Å². The standard InChI is InChI=1S/C17H22N4O3/c1-11-5-2-3-6-13(11)19-15(22)10-21-16(23)12(9-18)14-7-4-8-20(14)17(21)24/h11,13H,2-8,10H2,1H3,(H,19,22)/t11-,13+/m0/s1. The number of aromatic nitrogens is 2. The summed E-state index contributed by atoms with van der Waals surface area (Å²) in [7, 11) is 0. The highest BCUT2D eigenvalue weighted by Gasteiger charge is 2.26. The fourth-order valence-electron chi connectivity index (χ4n) is 3.82. The van der Waals surface area contributed by atoms with E-state index in [1.807, 2.05) is 6.07 Å². The highest BCUT2D eigenvalue weighted by Crippen LogP contribution is 2.23. The summed E-state index contributed by atoms with van der Waals surface area (Å²) in [6, 6.07) is 1.99. The van der Waals surface area contributed by atoms with E-state index < -0.39 is 11.2 Å². The zero-order valence-electron chi connectivity index (χ0n) is 13.9. The Kier molecular flexibility index (Phi) is 4.56. The van der Waals surface area contributed by atoms with Crippen molar-refractivity contribution in [3.05, 3.63) is 32.1 Å². The van der Waals surface area contributed by atoms with Gasteiger partial charge >= 0.3 is 5.69 Å². The van der Waals surface area contributed by atoms with Gasteiger partial charge in [-0.25, -0.2) is 9.36 Å². The van der Waals surface area contributed by atoms with Crippen molar-refractivity contribution in [2.75, 3.05) is 0 Å². The molecule has 2 atom stereocenters. The molecule has 1 N–H and O–H groups in total. The van der Waals surface area contributed by atoms with Gasteiger partial charge < -0.3 is 5.32 Å². The molecule has 24 heavy (non-hydrogen) atoms. The maximum absolute atomic E-state index is 12.5. The third-order valence-electron chi connectivity index (χ3n) is 5.20. The predicted octanol–water partition coefficient (Wildman–Crippen LogP) is 0.523. The number of carbonyl (C=O) groups excluding carboxylic acids is 1. The summed E-state index contributed by atoms with van der Waals surface area (Å²) >= 11 is 0. The second-order valence-corrected chi connectivity index (χ2v) is 6.80. The van der Waals surface area contributed by atoms with E-state index in [1.165, 1.54) is 11.0 Å². The van der Waals surface area contributed by atoms with E-state index in [4.69, 9.17) is 0 Å². The number of nitriles is 1. The van der Waals surface area contributed by atoms with Crippen molar-refractivity contribution in [1.82, 2.24) is 14.5 Å². The number of amides is 1. The summed E-state index contributed by atoms with van der Waals surface area (Å²) in [6.07, 6.45) is 5.54. The first-order valence-corrected chi connectivity index (χ1v) is 8.59. The largest absolute Gasteiger partial charge is 0.352 e. The Morgan fingerprint density at radius 1 is 1.29 bits per heavy atom. The van der Waals surface area contributed by atoms with Crippen LogP contribution >= 0.6 is 0 Å². The van der Waals surface area contributed by atoms with Gasteiger partial charge in [-0.15, -0.1) is 0 Å².